The molecule has 0 unspecified atom stereocenters. The molecule has 5 rings (SSSR count). The topological polar surface area (TPSA) is 54.0 Å². The van der Waals surface area contributed by atoms with E-state index in [1.807, 2.05) is 12.3 Å². The van der Waals surface area contributed by atoms with Gasteiger partial charge in [0.05, 0.1) is 12.8 Å². The van der Waals surface area contributed by atoms with Crippen molar-refractivity contribution in [1.29, 1.82) is 0 Å². The van der Waals surface area contributed by atoms with E-state index in [4.69, 9.17) is 4.74 Å². The van der Waals surface area contributed by atoms with Crippen LogP contribution in [0.2, 0.25) is 0 Å². The van der Waals surface area contributed by atoms with Crippen molar-refractivity contribution in [3.63, 3.8) is 0 Å². The van der Waals surface area contributed by atoms with E-state index >= 15 is 0 Å². The zero-order valence-electron chi connectivity index (χ0n) is 16.8. The summed E-state index contributed by atoms with van der Waals surface area (Å²) in [6, 6.07) is 11.3. The summed E-state index contributed by atoms with van der Waals surface area (Å²) in [7, 11) is 1.47. The third kappa shape index (κ3) is 3.59. The average molecular weight is 423 g/mol. The third-order valence-corrected chi connectivity index (χ3v) is 6.74. The molecule has 0 aliphatic carbocycles. The average Bonchev–Trinajstić information content (AvgIpc) is 3.41. The van der Waals surface area contributed by atoms with Crippen molar-refractivity contribution >= 4 is 22.4 Å². The highest BCUT2D eigenvalue weighted by molar-refractivity contribution is 7.15. The molecule has 3 aromatic heterocycles. The maximum atomic E-state index is 14.2. The smallest absolute Gasteiger partial charge is 0.181 e. The number of aromatic amines is 1. The number of aromatic nitrogens is 3. The van der Waals surface area contributed by atoms with Gasteiger partial charge in [-0.05, 0) is 56.3 Å². The second-order valence-corrected chi connectivity index (χ2v) is 8.79. The van der Waals surface area contributed by atoms with Crippen LogP contribution in [0.15, 0.2) is 42.6 Å². The molecule has 1 N–H and O–H groups in total. The van der Waals surface area contributed by atoms with Crippen molar-refractivity contribution in [1.82, 2.24) is 20.1 Å². The van der Waals surface area contributed by atoms with Crippen LogP contribution in [0.25, 0.3) is 32.7 Å². The van der Waals surface area contributed by atoms with Gasteiger partial charge < -0.3 is 4.74 Å². The van der Waals surface area contributed by atoms with Crippen LogP contribution in [0, 0.1) is 5.82 Å². The largest absolute Gasteiger partial charge is 0.493 e. The Kier molecular flexibility index (Phi) is 5.23. The molecule has 0 atom stereocenters. The molecule has 0 amide bonds. The van der Waals surface area contributed by atoms with Crippen LogP contribution < -0.4 is 4.74 Å². The van der Waals surface area contributed by atoms with Gasteiger partial charge in [-0.2, -0.15) is 5.10 Å². The molecule has 4 heterocycles. The lowest BCUT2D eigenvalue weighted by molar-refractivity contribution is 0.222. The molecule has 0 spiro atoms. The highest BCUT2D eigenvalue weighted by Gasteiger charge is 2.17. The number of methoxy groups -OCH3 is 1. The number of nitrogens with one attached hydrogen (secondary N) is 1. The third-order valence-electron chi connectivity index (χ3n) is 5.62. The number of nitrogens with zero attached hydrogens (tertiary/aromatic N) is 3. The number of H-pyrrole nitrogens is 1. The predicted molar refractivity (Wildman–Crippen MR) is 118 cm³/mol. The highest BCUT2D eigenvalue weighted by atomic mass is 32.1. The number of likely N-dealkylation sites (tertiary alicyclic amines) is 1. The second kappa shape index (κ2) is 8.16. The highest BCUT2D eigenvalue weighted by Crippen LogP contribution is 2.37. The van der Waals surface area contributed by atoms with Crippen molar-refractivity contribution < 1.29 is 9.13 Å². The van der Waals surface area contributed by atoms with Crippen molar-refractivity contribution in [3.05, 3.63) is 53.3 Å². The quantitative estimate of drug-likeness (QED) is 0.462. The monoisotopic (exact) mass is 422 g/mol. The first kappa shape index (κ1) is 19.2. The molecular weight excluding hydrogens is 399 g/mol. The molecule has 154 valence electrons. The molecule has 4 aromatic rings. The van der Waals surface area contributed by atoms with Crippen LogP contribution in [-0.4, -0.2) is 40.3 Å². The van der Waals surface area contributed by atoms with Crippen LogP contribution in [0.3, 0.4) is 0 Å². The Morgan fingerprint density at radius 3 is 2.87 bits per heavy atom. The van der Waals surface area contributed by atoms with E-state index in [1.54, 1.807) is 17.4 Å². The summed E-state index contributed by atoms with van der Waals surface area (Å²) in [4.78, 5) is 9.60. The van der Waals surface area contributed by atoms with Crippen molar-refractivity contribution in [2.45, 2.75) is 25.8 Å². The van der Waals surface area contributed by atoms with Gasteiger partial charge in [0.15, 0.2) is 17.2 Å². The van der Waals surface area contributed by atoms with Crippen molar-refractivity contribution in [2.24, 2.45) is 0 Å². The van der Waals surface area contributed by atoms with Gasteiger partial charge in [0.2, 0.25) is 0 Å². The molecule has 7 heteroatoms. The second-order valence-electron chi connectivity index (χ2n) is 7.62. The number of rotatable bonds is 5. The number of benzene rings is 1. The van der Waals surface area contributed by atoms with E-state index < -0.39 is 5.82 Å². The number of halogens is 1. The van der Waals surface area contributed by atoms with Gasteiger partial charge >= 0.3 is 0 Å². The molecule has 1 fully saturated rings. The number of para-hydroxylation sites is 1. The fourth-order valence-electron chi connectivity index (χ4n) is 4.11. The van der Waals surface area contributed by atoms with Gasteiger partial charge in [0.25, 0.3) is 0 Å². The Labute approximate surface area is 178 Å². The van der Waals surface area contributed by atoms with Crippen LogP contribution in [0.4, 0.5) is 4.39 Å². The summed E-state index contributed by atoms with van der Waals surface area (Å²) in [5.74, 6) is -0.198. The Morgan fingerprint density at radius 1 is 1.17 bits per heavy atom. The molecule has 0 radical (unpaired) electrons. The summed E-state index contributed by atoms with van der Waals surface area (Å²) >= 11 is 1.81. The van der Waals surface area contributed by atoms with E-state index in [0.717, 1.165) is 17.5 Å². The van der Waals surface area contributed by atoms with E-state index in [1.165, 1.54) is 55.3 Å². The van der Waals surface area contributed by atoms with Gasteiger partial charge in [0, 0.05) is 39.0 Å². The summed E-state index contributed by atoms with van der Waals surface area (Å²) in [6.45, 7) is 3.39. The van der Waals surface area contributed by atoms with Crippen molar-refractivity contribution in [3.8, 4) is 27.4 Å². The number of fused-ring (bicyclic) bond motifs is 1. The number of pyridine rings is 1. The molecule has 1 saturated heterocycles. The first-order valence-corrected chi connectivity index (χ1v) is 11.0. The maximum Gasteiger partial charge on any atom is 0.181 e. The van der Waals surface area contributed by atoms with Crippen molar-refractivity contribution in [2.75, 3.05) is 20.2 Å². The van der Waals surface area contributed by atoms with Gasteiger partial charge in [0.1, 0.15) is 0 Å². The number of ether oxygens (including phenoxy) is 1. The van der Waals surface area contributed by atoms with Crippen LogP contribution in [0.1, 0.15) is 24.1 Å². The number of piperidine rings is 1. The number of hydrogen-bond acceptors (Lipinski definition) is 5. The van der Waals surface area contributed by atoms with Gasteiger partial charge in [-0.3, -0.25) is 10.00 Å². The Hall–Kier alpha value is -2.77. The molecule has 0 saturated carbocycles. The molecule has 1 aromatic carbocycles. The molecule has 0 bridgehead atoms. The van der Waals surface area contributed by atoms with E-state index in [9.17, 15) is 4.39 Å². The lowest BCUT2D eigenvalue weighted by Gasteiger charge is -2.25. The summed E-state index contributed by atoms with van der Waals surface area (Å²) in [6.07, 6.45) is 5.80. The van der Waals surface area contributed by atoms with Gasteiger partial charge in [-0.15, -0.1) is 11.3 Å². The van der Waals surface area contributed by atoms with E-state index in [2.05, 4.69) is 38.3 Å². The first-order chi connectivity index (χ1) is 14.7. The van der Waals surface area contributed by atoms with Crippen LogP contribution in [-0.2, 0) is 6.54 Å². The fourth-order valence-corrected chi connectivity index (χ4v) is 5.14. The Balaban J connectivity index is 1.49. The number of thiophene rings is 1. The van der Waals surface area contributed by atoms with E-state index in [-0.39, 0.29) is 5.75 Å². The standard InChI is InChI=1S/C23H23FN4OS/c1-29-22-17(6-5-7-19(22)24)21-18-12-15(13-25-23(18)27-26-21)20-9-8-16(30-20)14-28-10-3-2-4-11-28/h5-9,12-13H,2-4,10-11,14H2,1H3,(H,25,26,27). The van der Waals surface area contributed by atoms with E-state index in [0.29, 0.717) is 16.9 Å². The minimum atomic E-state index is -0.400. The molecule has 1 aliphatic rings. The minimum Gasteiger partial charge on any atom is -0.493 e. The maximum absolute atomic E-state index is 14.2. The lowest BCUT2D eigenvalue weighted by Crippen LogP contribution is -2.28. The lowest BCUT2D eigenvalue weighted by atomic mass is 10.1. The molecule has 5 nitrogen and oxygen atoms in total. The van der Waals surface area contributed by atoms with Gasteiger partial charge in [-0.1, -0.05) is 12.5 Å². The summed E-state index contributed by atoms with van der Waals surface area (Å²) < 4.78 is 19.5. The zero-order chi connectivity index (χ0) is 20.5. The molecule has 1 aliphatic heterocycles. The van der Waals surface area contributed by atoms with Gasteiger partial charge in [-0.25, -0.2) is 9.37 Å². The minimum absolute atomic E-state index is 0.202. The van der Waals surface area contributed by atoms with Crippen LogP contribution >= 0.6 is 11.3 Å². The number of hydrogen-bond donors (Lipinski definition) is 1. The van der Waals surface area contributed by atoms with Crippen LogP contribution in [0.5, 0.6) is 5.75 Å². The first-order valence-electron chi connectivity index (χ1n) is 10.2. The summed E-state index contributed by atoms with van der Waals surface area (Å²) in [5.41, 5.74) is 2.98. The zero-order valence-corrected chi connectivity index (χ0v) is 17.6. The molecular formula is C23H23FN4OS. The Bertz CT molecular complexity index is 1180. The molecule has 30 heavy (non-hydrogen) atoms. The SMILES string of the molecule is COc1c(F)cccc1-c1[nH]nc2ncc(-c3ccc(CN4CCCCC4)s3)cc12. The normalized spacial score (nSPS) is 15.0. The fraction of sp³-hybridized carbons (Fsp3) is 0.304. The summed E-state index contributed by atoms with van der Waals surface area (Å²) in [5, 5.41) is 8.16. The Morgan fingerprint density at radius 2 is 2.03 bits per heavy atom. The predicted octanol–water partition coefficient (Wildman–Crippen LogP) is 5.49.